The summed E-state index contributed by atoms with van der Waals surface area (Å²) in [5, 5.41) is 11.4. The van der Waals surface area contributed by atoms with Crippen LogP contribution in [-0.4, -0.2) is 33.8 Å². The lowest BCUT2D eigenvalue weighted by atomic mass is 10.1. The number of ketones is 1. The summed E-state index contributed by atoms with van der Waals surface area (Å²) in [6.45, 7) is 1.72. The Labute approximate surface area is 110 Å². The standard InChI is InChI=1S/C13H16N2O4/c1-2-10(16)3-4-11(13(18)19)15-12(17)9-5-7-14-8-6-9/h5-8,11H,2-4H2,1H3,(H,15,17)(H,18,19)/t11-/m1/s1. The Hall–Kier alpha value is -2.24. The van der Waals surface area contributed by atoms with Crippen LogP contribution in [0.5, 0.6) is 0 Å². The number of carboxylic acids is 1. The molecular weight excluding hydrogens is 248 g/mol. The van der Waals surface area contributed by atoms with E-state index in [1.165, 1.54) is 24.5 Å². The molecule has 19 heavy (non-hydrogen) atoms. The largest absolute Gasteiger partial charge is 0.480 e. The summed E-state index contributed by atoms with van der Waals surface area (Å²) in [6.07, 6.45) is 3.50. The van der Waals surface area contributed by atoms with Crippen LogP contribution in [0.2, 0.25) is 0 Å². The van der Waals surface area contributed by atoms with Crippen molar-refractivity contribution in [2.75, 3.05) is 0 Å². The third kappa shape index (κ3) is 4.87. The van der Waals surface area contributed by atoms with Gasteiger partial charge in [0.05, 0.1) is 0 Å². The molecule has 1 aromatic rings. The van der Waals surface area contributed by atoms with Crippen molar-refractivity contribution in [3.8, 4) is 0 Å². The van der Waals surface area contributed by atoms with Crippen LogP contribution in [0.25, 0.3) is 0 Å². The molecule has 6 heteroatoms. The van der Waals surface area contributed by atoms with Crippen LogP contribution in [-0.2, 0) is 9.59 Å². The van der Waals surface area contributed by atoms with Gasteiger partial charge in [0.15, 0.2) is 0 Å². The predicted octanol–water partition coefficient (Wildman–Crippen LogP) is 1.02. The van der Waals surface area contributed by atoms with Gasteiger partial charge in [0, 0.05) is 30.8 Å². The molecule has 1 amide bonds. The Balaban J connectivity index is 2.61. The summed E-state index contributed by atoms with van der Waals surface area (Å²) in [5.41, 5.74) is 0.336. The minimum absolute atomic E-state index is 0.0237. The fourth-order valence-corrected chi connectivity index (χ4v) is 1.48. The quantitative estimate of drug-likeness (QED) is 0.766. The summed E-state index contributed by atoms with van der Waals surface area (Å²) in [7, 11) is 0. The van der Waals surface area contributed by atoms with Crippen LogP contribution < -0.4 is 5.32 Å². The molecule has 0 aliphatic rings. The molecule has 0 aliphatic heterocycles. The van der Waals surface area contributed by atoms with E-state index >= 15 is 0 Å². The normalized spacial score (nSPS) is 11.6. The van der Waals surface area contributed by atoms with E-state index in [1.54, 1.807) is 6.92 Å². The van der Waals surface area contributed by atoms with Gasteiger partial charge in [-0.05, 0) is 18.6 Å². The second-order valence-corrected chi connectivity index (χ2v) is 4.03. The van der Waals surface area contributed by atoms with E-state index in [2.05, 4.69) is 10.3 Å². The van der Waals surface area contributed by atoms with E-state index in [1.807, 2.05) is 0 Å². The second kappa shape index (κ2) is 7.25. The maximum absolute atomic E-state index is 11.8. The number of nitrogens with zero attached hydrogens (tertiary/aromatic N) is 1. The highest BCUT2D eigenvalue weighted by Gasteiger charge is 2.21. The molecule has 0 spiro atoms. The molecule has 0 aromatic carbocycles. The van der Waals surface area contributed by atoms with Crippen molar-refractivity contribution in [2.24, 2.45) is 0 Å². The van der Waals surface area contributed by atoms with Crippen LogP contribution in [0.4, 0.5) is 0 Å². The first-order valence-corrected chi connectivity index (χ1v) is 6.00. The second-order valence-electron chi connectivity index (χ2n) is 4.03. The SMILES string of the molecule is CCC(=O)CC[C@@H](NC(=O)c1ccncc1)C(=O)O. The number of amides is 1. The highest BCUT2D eigenvalue weighted by molar-refractivity contribution is 5.96. The summed E-state index contributed by atoms with van der Waals surface area (Å²) in [5.74, 6) is -1.66. The van der Waals surface area contributed by atoms with Gasteiger partial charge in [0.25, 0.3) is 5.91 Å². The van der Waals surface area contributed by atoms with Crippen molar-refractivity contribution in [3.63, 3.8) is 0 Å². The summed E-state index contributed by atoms with van der Waals surface area (Å²) >= 11 is 0. The van der Waals surface area contributed by atoms with Crippen molar-refractivity contribution >= 4 is 17.7 Å². The minimum Gasteiger partial charge on any atom is -0.480 e. The number of carbonyl (C=O) groups excluding carboxylic acids is 2. The first-order chi connectivity index (χ1) is 9.04. The third-order valence-corrected chi connectivity index (χ3v) is 2.65. The van der Waals surface area contributed by atoms with Gasteiger partial charge in [-0.2, -0.15) is 0 Å². The van der Waals surface area contributed by atoms with Gasteiger partial charge in [-0.1, -0.05) is 6.92 Å². The van der Waals surface area contributed by atoms with Crippen molar-refractivity contribution in [1.29, 1.82) is 0 Å². The smallest absolute Gasteiger partial charge is 0.326 e. The molecule has 1 heterocycles. The van der Waals surface area contributed by atoms with E-state index in [-0.39, 0.29) is 18.6 Å². The van der Waals surface area contributed by atoms with Crippen LogP contribution in [0, 0.1) is 0 Å². The van der Waals surface area contributed by atoms with Crippen molar-refractivity contribution < 1.29 is 19.5 Å². The molecule has 2 N–H and O–H groups in total. The summed E-state index contributed by atoms with van der Waals surface area (Å²) in [6, 6.07) is 1.92. The zero-order valence-electron chi connectivity index (χ0n) is 10.6. The maximum Gasteiger partial charge on any atom is 0.326 e. The third-order valence-electron chi connectivity index (χ3n) is 2.65. The molecule has 1 atom stereocenters. The Kier molecular flexibility index (Phi) is 5.66. The number of hydrogen-bond donors (Lipinski definition) is 2. The Morgan fingerprint density at radius 2 is 1.95 bits per heavy atom. The first-order valence-electron chi connectivity index (χ1n) is 6.00. The highest BCUT2D eigenvalue weighted by Crippen LogP contribution is 2.03. The molecule has 0 fully saturated rings. The van der Waals surface area contributed by atoms with Gasteiger partial charge in [-0.3, -0.25) is 14.6 Å². The number of carboxylic acid groups (broad SMARTS) is 1. The highest BCUT2D eigenvalue weighted by atomic mass is 16.4. The van der Waals surface area contributed by atoms with E-state index in [4.69, 9.17) is 5.11 Å². The lowest BCUT2D eigenvalue weighted by molar-refractivity contribution is -0.139. The molecule has 0 saturated carbocycles. The number of rotatable bonds is 7. The average Bonchev–Trinajstić information content (AvgIpc) is 2.43. The fourth-order valence-electron chi connectivity index (χ4n) is 1.48. The van der Waals surface area contributed by atoms with Gasteiger partial charge in [0.2, 0.25) is 0 Å². The van der Waals surface area contributed by atoms with E-state index in [0.717, 1.165) is 0 Å². The van der Waals surface area contributed by atoms with Gasteiger partial charge >= 0.3 is 5.97 Å². The molecule has 0 radical (unpaired) electrons. The van der Waals surface area contributed by atoms with Crippen molar-refractivity contribution in [1.82, 2.24) is 10.3 Å². The van der Waals surface area contributed by atoms with E-state index in [9.17, 15) is 14.4 Å². The zero-order valence-corrected chi connectivity index (χ0v) is 10.6. The molecule has 1 rings (SSSR count). The Morgan fingerprint density at radius 1 is 1.32 bits per heavy atom. The van der Waals surface area contributed by atoms with Crippen molar-refractivity contribution in [3.05, 3.63) is 30.1 Å². The molecule has 0 unspecified atom stereocenters. The summed E-state index contributed by atoms with van der Waals surface area (Å²) in [4.78, 5) is 37.8. The van der Waals surface area contributed by atoms with Gasteiger partial charge < -0.3 is 10.4 Å². The van der Waals surface area contributed by atoms with Crippen LogP contribution in [0.15, 0.2) is 24.5 Å². The van der Waals surface area contributed by atoms with Gasteiger partial charge in [-0.25, -0.2) is 4.79 Å². The number of hydrogen-bond acceptors (Lipinski definition) is 4. The molecule has 6 nitrogen and oxygen atoms in total. The van der Waals surface area contributed by atoms with Crippen LogP contribution in [0.1, 0.15) is 36.5 Å². The molecule has 0 saturated heterocycles. The lowest BCUT2D eigenvalue weighted by Crippen LogP contribution is -2.41. The average molecular weight is 264 g/mol. The Bertz CT molecular complexity index is 459. The predicted molar refractivity (Wildman–Crippen MR) is 67.7 cm³/mol. The molecule has 1 aromatic heterocycles. The van der Waals surface area contributed by atoms with Crippen molar-refractivity contribution in [2.45, 2.75) is 32.2 Å². The number of pyridine rings is 1. The van der Waals surface area contributed by atoms with Crippen LogP contribution in [0.3, 0.4) is 0 Å². The topological polar surface area (TPSA) is 96.4 Å². The number of aliphatic carboxylic acids is 1. The molecule has 0 aliphatic carbocycles. The van der Waals surface area contributed by atoms with E-state index < -0.39 is 17.9 Å². The molecule has 102 valence electrons. The number of carbonyl (C=O) groups is 3. The molecule has 0 bridgehead atoms. The summed E-state index contributed by atoms with van der Waals surface area (Å²) < 4.78 is 0. The number of Topliss-reactive ketones (excluding diaryl/α,β-unsaturated/α-hetero) is 1. The zero-order chi connectivity index (χ0) is 14.3. The van der Waals surface area contributed by atoms with Gasteiger partial charge in [-0.15, -0.1) is 0 Å². The molecular formula is C13H16N2O4. The lowest BCUT2D eigenvalue weighted by Gasteiger charge is -2.13. The van der Waals surface area contributed by atoms with E-state index in [0.29, 0.717) is 12.0 Å². The maximum atomic E-state index is 11.8. The van der Waals surface area contributed by atoms with Crippen LogP contribution >= 0.6 is 0 Å². The number of aromatic nitrogens is 1. The monoisotopic (exact) mass is 264 g/mol. The minimum atomic E-state index is -1.15. The fraction of sp³-hybridized carbons (Fsp3) is 0.385. The van der Waals surface area contributed by atoms with Gasteiger partial charge in [0.1, 0.15) is 11.8 Å². The Morgan fingerprint density at radius 3 is 2.47 bits per heavy atom. The number of nitrogens with one attached hydrogen (secondary N) is 1. The first kappa shape index (κ1) is 14.8.